The van der Waals surface area contributed by atoms with E-state index in [2.05, 4.69) is 29.2 Å². The van der Waals surface area contributed by atoms with Crippen molar-refractivity contribution in [3.63, 3.8) is 0 Å². The number of carbonyl (C=O) groups is 1. The van der Waals surface area contributed by atoms with E-state index in [9.17, 15) is 4.79 Å². The molecule has 1 heterocycles. The number of carboxylic acid groups (broad SMARTS) is 1. The zero-order chi connectivity index (χ0) is 13.8. The van der Waals surface area contributed by atoms with Gasteiger partial charge in [-0.2, -0.15) is 0 Å². The van der Waals surface area contributed by atoms with Crippen molar-refractivity contribution < 1.29 is 9.90 Å². The second-order valence-electron chi connectivity index (χ2n) is 5.16. The molecule has 2 N–H and O–H groups in total. The number of aliphatic carboxylic acids is 1. The average Bonchev–Trinajstić information content (AvgIpc) is 3.12. The third-order valence-electron chi connectivity index (χ3n) is 3.51. The zero-order valence-corrected chi connectivity index (χ0v) is 12.2. The SMILES string of the molecule is CC(CNc1nc(CCC(=O)O)cs1)N(C)C1CC1. The van der Waals surface area contributed by atoms with E-state index in [-0.39, 0.29) is 6.42 Å². The number of aryl methyl sites for hydroxylation is 1. The van der Waals surface area contributed by atoms with E-state index in [1.165, 1.54) is 12.8 Å². The minimum atomic E-state index is -0.776. The number of anilines is 1. The van der Waals surface area contributed by atoms with E-state index >= 15 is 0 Å². The predicted molar refractivity (Wildman–Crippen MR) is 76.8 cm³/mol. The van der Waals surface area contributed by atoms with Gasteiger partial charge in [0.1, 0.15) is 0 Å². The van der Waals surface area contributed by atoms with Crippen LogP contribution in [-0.4, -0.2) is 46.6 Å². The lowest BCUT2D eigenvalue weighted by molar-refractivity contribution is -0.136. The van der Waals surface area contributed by atoms with Gasteiger partial charge in [0.2, 0.25) is 0 Å². The fraction of sp³-hybridized carbons (Fsp3) is 0.692. The molecule has 1 unspecified atom stereocenters. The molecule has 0 spiro atoms. The van der Waals surface area contributed by atoms with Crippen LogP contribution in [0.1, 0.15) is 31.9 Å². The molecule has 106 valence electrons. The van der Waals surface area contributed by atoms with Crippen molar-refractivity contribution in [3.05, 3.63) is 11.1 Å². The third kappa shape index (κ3) is 4.47. The molecule has 2 rings (SSSR count). The molecule has 1 aliphatic carbocycles. The molecule has 0 amide bonds. The van der Waals surface area contributed by atoms with Gasteiger partial charge in [-0.1, -0.05) is 0 Å². The number of hydrogen-bond donors (Lipinski definition) is 2. The number of likely N-dealkylation sites (N-methyl/N-ethyl adjacent to an activating group) is 1. The van der Waals surface area contributed by atoms with Crippen molar-refractivity contribution >= 4 is 22.4 Å². The quantitative estimate of drug-likeness (QED) is 0.764. The number of rotatable bonds is 8. The fourth-order valence-corrected chi connectivity index (χ4v) is 2.71. The summed E-state index contributed by atoms with van der Waals surface area (Å²) in [4.78, 5) is 17.3. The summed E-state index contributed by atoms with van der Waals surface area (Å²) in [5.74, 6) is -0.776. The van der Waals surface area contributed by atoms with Gasteiger partial charge in [-0.3, -0.25) is 9.69 Å². The number of nitrogens with zero attached hydrogens (tertiary/aromatic N) is 2. The smallest absolute Gasteiger partial charge is 0.303 e. The molecule has 0 aromatic carbocycles. The molecule has 0 radical (unpaired) electrons. The summed E-state index contributed by atoms with van der Waals surface area (Å²) in [6.07, 6.45) is 3.28. The number of thiazole rings is 1. The molecule has 5 nitrogen and oxygen atoms in total. The summed E-state index contributed by atoms with van der Waals surface area (Å²) < 4.78 is 0. The van der Waals surface area contributed by atoms with Crippen molar-refractivity contribution in [1.29, 1.82) is 0 Å². The van der Waals surface area contributed by atoms with Gasteiger partial charge >= 0.3 is 5.97 Å². The van der Waals surface area contributed by atoms with Crippen molar-refractivity contribution in [2.75, 3.05) is 18.9 Å². The van der Waals surface area contributed by atoms with Crippen LogP contribution >= 0.6 is 11.3 Å². The first kappa shape index (κ1) is 14.3. The lowest BCUT2D eigenvalue weighted by atomic mass is 10.2. The normalized spacial score (nSPS) is 16.6. The number of nitrogens with one attached hydrogen (secondary N) is 1. The first-order valence-corrected chi connectivity index (χ1v) is 7.56. The van der Waals surface area contributed by atoms with E-state index in [0.29, 0.717) is 12.5 Å². The zero-order valence-electron chi connectivity index (χ0n) is 11.4. The maximum Gasteiger partial charge on any atom is 0.303 e. The minimum Gasteiger partial charge on any atom is -0.481 e. The van der Waals surface area contributed by atoms with E-state index in [0.717, 1.165) is 23.4 Å². The van der Waals surface area contributed by atoms with Gasteiger partial charge in [-0.15, -0.1) is 11.3 Å². The topological polar surface area (TPSA) is 65.5 Å². The van der Waals surface area contributed by atoms with Crippen molar-refractivity contribution in [2.24, 2.45) is 0 Å². The summed E-state index contributed by atoms with van der Waals surface area (Å²) in [5, 5.41) is 14.8. The summed E-state index contributed by atoms with van der Waals surface area (Å²) in [5.41, 5.74) is 0.859. The summed E-state index contributed by atoms with van der Waals surface area (Å²) >= 11 is 1.55. The van der Waals surface area contributed by atoms with Crippen molar-refractivity contribution in [3.8, 4) is 0 Å². The van der Waals surface area contributed by atoms with Crippen LogP contribution in [0.4, 0.5) is 5.13 Å². The first-order valence-electron chi connectivity index (χ1n) is 6.68. The maximum absolute atomic E-state index is 10.5. The van der Waals surface area contributed by atoms with Crippen LogP contribution < -0.4 is 5.32 Å². The van der Waals surface area contributed by atoms with Crippen molar-refractivity contribution in [1.82, 2.24) is 9.88 Å². The standard InChI is InChI=1S/C13H21N3O2S/c1-9(16(2)11-4-5-11)7-14-13-15-10(8-19-13)3-6-12(17)18/h8-9,11H,3-7H2,1-2H3,(H,14,15)(H,17,18). The summed E-state index contributed by atoms with van der Waals surface area (Å²) in [6.45, 7) is 3.09. The van der Waals surface area contributed by atoms with Crippen LogP contribution in [-0.2, 0) is 11.2 Å². The molecule has 1 saturated carbocycles. The van der Waals surface area contributed by atoms with E-state index in [1.54, 1.807) is 11.3 Å². The first-order chi connectivity index (χ1) is 9.06. The van der Waals surface area contributed by atoms with Crippen molar-refractivity contribution in [2.45, 2.75) is 44.7 Å². The van der Waals surface area contributed by atoms with Gasteiger partial charge in [0.05, 0.1) is 12.1 Å². The molecule has 1 fully saturated rings. The predicted octanol–water partition coefficient (Wildman–Crippen LogP) is 2.05. The van der Waals surface area contributed by atoms with Crippen LogP contribution in [0, 0.1) is 0 Å². The molecule has 1 atom stereocenters. The highest BCUT2D eigenvalue weighted by Crippen LogP contribution is 2.27. The summed E-state index contributed by atoms with van der Waals surface area (Å²) in [6, 6.07) is 1.25. The largest absolute Gasteiger partial charge is 0.481 e. The highest BCUT2D eigenvalue weighted by atomic mass is 32.1. The van der Waals surface area contributed by atoms with Crippen LogP contribution in [0.15, 0.2) is 5.38 Å². The molecule has 1 aromatic rings. The van der Waals surface area contributed by atoms with Gasteiger partial charge in [0.15, 0.2) is 5.13 Å². The number of hydrogen-bond acceptors (Lipinski definition) is 5. The highest BCUT2D eigenvalue weighted by molar-refractivity contribution is 7.13. The Morgan fingerprint density at radius 2 is 2.42 bits per heavy atom. The maximum atomic E-state index is 10.5. The van der Waals surface area contributed by atoms with Gasteiger partial charge in [-0.05, 0) is 26.8 Å². The molecule has 6 heteroatoms. The fourth-order valence-electron chi connectivity index (χ4n) is 1.96. The minimum absolute atomic E-state index is 0.143. The molecule has 0 saturated heterocycles. The lowest BCUT2D eigenvalue weighted by Gasteiger charge is -2.24. The van der Waals surface area contributed by atoms with Gasteiger partial charge in [0, 0.05) is 30.4 Å². The third-order valence-corrected chi connectivity index (χ3v) is 4.36. The van der Waals surface area contributed by atoms with Crippen LogP contribution in [0.5, 0.6) is 0 Å². The molecule has 0 bridgehead atoms. The van der Waals surface area contributed by atoms with Crippen LogP contribution in [0.2, 0.25) is 0 Å². The Labute approximate surface area is 117 Å². The van der Waals surface area contributed by atoms with Crippen LogP contribution in [0.25, 0.3) is 0 Å². The molecular formula is C13H21N3O2S. The van der Waals surface area contributed by atoms with E-state index in [4.69, 9.17) is 5.11 Å². The van der Waals surface area contributed by atoms with E-state index < -0.39 is 5.97 Å². The molecule has 0 aliphatic heterocycles. The molecular weight excluding hydrogens is 262 g/mol. The number of aromatic nitrogens is 1. The molecule has 1 aliphatic rings. The Morgan fingerprint density at radius 3 is 3.05 bits per heavy atom. The second kappa shape index (κ2) is 6.34. The monoisotopic (exact) mass is 283 g/mol. The summed E-state index contributed by atoms with van der Waals surface area (Å²) in [7, 11) is 2.17. The van der Waals surface area contributed by atoms with Gasteiger partial charge < -0.3 is 10.4 Å². The number of carboxylic acids is 1. The van der Waals surface area contributed by atoms with Crippen LogP contribution in [0.3, 0.4) is 0 Å². The molecule has 19 heavy (non-hydrogen) atoms. The Kier molecular flexibility index (Phi) is 4.76. The Balaban J connectivity index is 1.74. The Bertz CT molecular complexity index is 431. The lowest BCUT2D eigenvalue weighted by Crippen LogP contribution is -2.36. The Hall–Kier alpha value is -1.14. The van der Waals surface area contributed by atoms with Gasteiger partial charge in [0.25, 0.3) is 0 Å². The average molecular weight is 283 g/mol. The van der Waals surface area contributed by atoms with Gasteiger partial charge in [-0.25, -0.2) is 4.98 Å². The van der Waals surface area contributed by atoms with E-state index in [1.807, 2.05) is 5.38 Å². The highest BCUT2D eigenvalue weighted by Gasteiger charge is 2.28. The second-order valence-corrected chi connectivity index (χ2v) is 6.02. The Morgan fingerprint density at radius 1 is 1.68 bits per heavy atom. The molecule has 1 aromatic heterocycles.